The number of nitrogens with one attached hydrogen (secondary N) is 1. The van der Waals surface area contributed by atoms with E-state index in [1.807, 2.05) is 24.4 Å². The molecule has 1 heterocycles. The van der Waals surface area contributed by atoms with Crippen LogP contribution in [0.4, 0.5) is 0 Å². The van der Waals surface area contributed by atoms with Crippen LogP contribution in [-0.2, 0) is 0 Å². The van der Waals surface area contributed by atoms with Gasteiger partial charge in [0.1, 0.15) is 0 Å². The lowest BCUT2D eigenvalue weighted by atomic mass is 10.1. The first-order valence-electron chi connectivity index (χ1n) is 4.50. The Morgan fingerprint density at radius 3 is 2.43 bits per heavy atom. The molecule has 0 bridgehead atoms. The molecule has 1 N–H and O–H groups in total. The van der Waals surface area contributed by atoms with Gasteiger partial charge in [-0.05, 0) is 24.1 Å². The summed E-state index contributed by atoms with van der Waals surface area (Å²) in [6.07, 6.45) is 2.66. The minimum atomic E-state index is 0.612. The Bertz CT molecular complexity index is 440. The lowest BCUT2D eigenvalue weighted by molar-refractivity contribution is 0.111. The van der Waals surface area contributed by atoms with Crippen LogP contribution in [0, 0.1) is 6.92 Å². The highest BCUT2D eigenvalue weighted by Crippen LogP contribution is 2.19. The fraction of sp³-hybridized carbons (Fsp3) is 0.0833. The molecule has 0 saturated carbocycles. The highest BCUT2D eigenvalue weighted by molar-refractivity contribution is 5.77. The standard InChI is InChI=1S/C12H11NO/c1-9-2-4-10(5-3-9)11-6-12(8-14)13-7-11/h2-8,13H,1H3. The van der Waals surface area contributed by atoms with Crippen LogP contribution in [0.15, 0.2) is 36.5 Å². The normalized spacial score (nSPS) is 10.1. The van der Waals surface area contributed by atoms with Gasteiger partial charge in [-0.3, -0.25) is 4.79 Å². The molecule has 2 aromatic rings. The predicted molar refractivity (Wildman–Crippen MR) is 56.4 cm³/mol. The zero-order valence-electron chi connectivity index (χ0n) is 7.95. The smallest absolute Gasteiger partial charge is 0.166 e. The molecule has 0 atom stereocenters. The summed E-state index contributed by atoms with van der Waals surface area (Å²) in [5, 5.41) is 0. The molecule has 1 aromatic heterocycles. The summed E-state index contributed by atoms with van der Waals surface area (Å²) in [4.78, 5) is 13.4. The third-order valence-electron chi connectivity index (χ3n) is 2.22. The van der Waals surface area contributed by atoms with E-state index in [0.29, 0.717) is 5.69 Å². The maximum atomic E-state index is 10.5. The molecule has 0 radical (unpaired) electrons. The monoisotopic (exact) mass is 185 g/mol. The van der Waals surface area contributed by atoms with Crippen molar-refractivity contribution in [2.45, 2.75) is 6.92 Å². The van der Waals surface area contributed by atoms with E-state index in [4.69, 9.17) is 0 Å². The Morgan fingerprint density at radius 1 is 1.14 bits per heavy atom. The van der Waals surface area contributed by atoms with Crippen molar-refractivity contribution >= 4 is 6.29 Å². The van der Waals surface area contributed by atoms with E-state index in [-0.39, 0.29) is 0 Å². The van der Waals surface area contributed by atoms with Gasteiger partial charge in [-0.25, -0.2) is 0 Å². The quantitative estimate of drug-likeness (QED) is 0.717. The Hall–Kier alpha value is -1.83. The van der Waals surface area contributed by atoms with E-state index in [2.05, 4.69) is 24.0 Å². The lowest BCUT2D eigenvalue weighted by Gasteiger charge is -1.97. The zero-order chi connectivity index (χ0) is 9.97. The maximum absolute atomic E-state index is 10.5. The summed E-state index contributed by atoms with van der Waals surface area (Å²) in [6, 6.07) is 10.1. The number of benzene rings is 1. The topological polar surface area (TPSA) is 32.9 Å². The molecule has 0 spiro atoms. The summed E-state index contributed by atoms with van der Waals surface area (Å²) in [5.74, 6) is 0. The van der Waals surface area contributed by atoms with Crippen LogP contribution >= 0.6 is 0 Å². The summed E-state index contributed by atoms with van der Waals surface area (Å²) in [5.41, 5.74) is 4.02. The van der Waals surface area contributed by atoms with Crippen LogP contribution in [0.1, 0.15) is 16.1 Å². The summed E-state index contributed by atoms with van der Waals surface area (Å²) in [7, 11) is 0. The predicted octanol–water partition coefficient (Wildman–Crippen LogP) is 2.80. The number of hydrogen-bond donors (Lipinski definition) is 1. The average Bonchev–Trinajstić information content (AvgIpc) is 2.67. The Kier molecular flexibility index (Phi) is 2.19. The molecule has 1 aromatic carbocycles. The third kappa shape index (κ3) is 1.59. The second-order valence-corrected chi connectivity index (χ2v) is 3.33. The molecule has 2 heteroatoms. The fourth-order valence-electron chi connectivity index (χ4n) is 1.39. The van der Waals surface area contributed by atoms with Crippen LogP contribution in [0.2, 0.25) is 0 Å². The van der Waals surface area contributed by atoms with Crippen molar-refractivity contribution in [1.29, 1.82) is 0 Å². The second kappa shape index (κ2) is 3.50. The molecule has 0 aliphatic heterocycles. The highest BCUT2D eigenvalue weighted by Gasteiger charge is 1.99. The minimum absolute atomic E-state index is 0.612. The van der Waals surface area contributed by atoms with E-state index in [9.17, 15) is 4.79 Å². The maximum Gasteiger partial charge on any atom is 0.166 e. The molecule has 2 rings (SSSR count). The fourth-order valence-corrected chi connectivity index (χ4v) is 1.39. The van der Waals surface area contributed by atoms with Gasteiger partial charge >= 0.3 is 0 Å². The summed E-state index contributed by atoms with van der Waals surface area (Å²) >= 11 is 0. The molecule has 0 fully saturated rings. The molecule has 14 heavy (non-hydrogen) atoms. The van der Waals surface area contributed by atoms with Gasteiger partial charge in [0.2, 0.25) is 0 Å². The Balaban J connectivity index is 2.39. The number of aromatic nitrogens is 1. The number of hydrogen-bond acceptors (Lipinski definition) is 1. The van der Waals surface area contributed by atoms with Crippen molar-refractivity contribution in [3.8, 4) is 11.1 Å². The van der Waals surface area contributed by atoms with Crippen LogP contribution in [0.5, 0.6) is 0 Å². The average molecular weight is 185 g/mol. The Morgan fingerprint density at radius 2 is 1.86 bits per heavy atom. The highest BCUT2D eigenvalue weighted by atomic mass is 16.1. The van der Waals surface area contributed by atoms with Crippen molar-refractivity contribution in [2.24, 2.45) is 0 Å². The first kappa shape index (κ1) is 8.75. The van der Waals surface area contributed by atoms with Crippen molar-refractivity contribution in [3.05, 3.63) is 47.8 Å². The lowest BCUT2D eigenvalue weighted by Crippen LogP contribution is -1.75. The molecule has 0 amide bonds. The van der Waals surface area contributed by atoms with E-state index in [1.165, 1.54) is 5.56 Å². The second-order valence-electron chi connectivity index (χ2n) is 3.33. The van der Waals surface area contributed by atoms with Gasteiger partial charge in [0.05, 0.1) is 5.69 Å². The van der Waals surface area contributed by atoms with E-state index >= 15 is 0 Å². The molecule has 0 saturated heterocycles. The van der Waals surface area contributed by atoms with Gasteiger partial charge in [0.15, 0.2) is 6.29 Å². The molecular formula is C12H11NO. The molecular weight excluding hydrogens is 174 g/mol. The molecule has 0 aliphatic rings. The first-order valence-corrected chi connectivity index (χ1v) is 4.50. The third-order valence-corrected chi connectivity index (χ3v) is 2.22. The van der Waals surface area contributed by atoms with E-state index < -0.39 is 0 Å². The molecule has 70 valence electrons. The van der Waals surface area contributed by atoms with Crippen molar-refractivity contribution < 1.29 is 4.79 Å². The zero-order valence-corrected chi connectivity index (χ0v) is 7.95. The van der Waals surface area contributed by atoms with Gasteiger partial charge in [0.25, 0.3) is 0 Å². The number of aromatic amines is 1. The van der Waals surface area contributed by atoms with Gasteiger partial charge in [-0.15, -0.1) is 0 Å². The van der Waals surface area contributed by atoms with Crippen LogP contribution < -0.4 is 0 Å². The van der Waals surface area contributed by atoms with Crippen molar-refractivity contribution in [2.75, 3.05) is 0 Å². The van der Waals surface area contributed by atoms with E-state index in [0.717, 1.165) is 17.4 Å². The number of H-pyrrole nitrogens is 1. The SMILES string of the molecule is Cc1ccc(-c2c[nH]c(C=O)c2)cc1. The van der Waals surface area contributed by atoms with Gasteiger partial charge < -0.3 is 4.98 Å². The van der Waals surface area contributed by atoms with Crippen LogP contribution in [0.3, 0.4) is 0 Å². The van der Waals surface area contributed by atoms with E-state index in [1.54, 1.807) is 0 Å². The number of carbonyl (C=O) groups excluding carboxylic acids is 1. The minimum Gasteiger partial charge on any atom is -0.358 e. The van der Waals surface area contributed by atoms with Gasteiger partial charge in [-0.1, -0.05) is 29.8 Å². The molecule has 0 aliphatic carbocycles. The van der Waals surface area contributed by atoms with Crippen molar-refractivity contribution in [1.82, 2.24) is 4.98 Å². The summed E-state index contributed by atoms with van der Waals surface area (Å²) in [6.45, 7) is 2.05. The molecule has 0 unspecified atom stereocenters. The van der Waals surface area contributed by atoms with Gasteiger partial charge in [-0.2, -0.15) is 0 Å². The summed E-state index contributed by atoms with van der Waals surface area (Å²) < 4.78 is 0. The Labute approximate surface area is 82.6 Å². The largest absolute Gasteiger partial charge is 0.358 e. The molecule has 2 nitrogen and oxygen atoms in total. The number of rotatable bonds is 2. The van der Waals surface area contributed by atoms with Crippen molar-refractivity contribution in [3.63, 3.8) is 0 Å². The van der Waals surface area contributed by atoms with Crippen LogP contribution in [-0.4, -0.2) is 11.3 Å². The first-order chi connectivity index (χ1) is 6.79. The number of carbonyl (C=O) groups is 1. The van der Waals surface area contributed by atoms with Gasteiger partial charge in [0, 0.05) is 6.20 Å². The number of aldehydes is 1. The van der Waals surface area contributed by atoms with Crippen LogP contribution in [0.25, 0.3) is 11.1 Å². The number of aryl methyl sites for hydroxylation is 1.